The summed E-state index contributed by atoms with van der Waals surface area (Å²) in [4.78, 5) is 16.9. The van der Waals surface area contributed by atoms with Gasteiger partial charge in [0.25, 0.3) is 5.91 Å². The summed E-state index contributed by atoms with van der Waals surface area (Å²) in [5, 5.41) is 16.1. The maximum Gasteiger partial charge on any atom is 0.254 e. The fourth-order valence-electron chi connectivity index (χ4n) is 3.45. The number of carbonyl (C=O) groups is 1. The Hall–Kier alpha value is -4.04. The lowest BCUT2D eigenvalue weighted by atomic mass is 10.00. The van der Waals surface area contributed by atoms with Gasteiger partial charge in [-0.25, -0.2) is 9.37 Å². The first-order valence-corrected chi connectivity index (χ1v) is 9.91. The number of nitrogens with zero attached hydrogens (tertiary/aromatic N) is 2. The Morgan fingerprint density at radius 3 is 2.56 bits per heavy atom. The molecule has 0 spiro atoms. The van der Waals surface area contributed by atoms with Crippen LogP contribution in [0.15, 0.2) is 71.5 Å². The molecule has 0 aliphatic rings. The van der Waals surface area contributed by atoms with Gasteiger partial charge in [-0.05, 0) is 36.2 Å². The minimum atomic E-state index is -0.712. The predicted octanol–water partition coefficient (Wildman–Crippen LogP) is 3.90. The first kappa shape index (κ1) is 21.2. The number of carbonyl (C=O) groups excluding carboxylic acids is 1. The molecule has 0 fully saturated rings. The molecular weight excluding hydrogens is 411 g/mol. The highest BCUT2D eigenvalue weighted by Gasteiger charge is 2.19. The molecule has 0 saturated carbocycles. The van der Waals surface area contributed by atoms with Crippen LogP contribution in [0.4, 0.5) is 10.2 Å². The van der Waals surface area contributed by atoms with Crippen LogP contribution in [-0.2, 0) is 0 Å². The highest BCUT2D eigenvalue weighted by atomic mass is 19.1. The number of pyridine rings is 1. The fourth-order valence-corrected chi connectivity index (χ4v) is 3.45. The minimum absolute atomic E-state index is 0.138. The largest absolute Gasteiger partial charge is 0.394 e. The van der Waals surface area contributed by atoms with Gasteiger partial charge < -0.3 is 20.7 Å². The van der Waals surface area contributed by atoms with E-state index in [-0.39, 0.29) is 18.0 Å². The monoisotopic (exact) mass is 432 g/mol. The number of aromatic nitrogens is 2. The van der Waals surface area contributed by atoms with Crippen LogP contribution in [0.2, 0.25) is 0 Å². The molecule has 32 heavy (non-hydrogen) atoms. The Morgan fingerprint density at radius 1 is 1.12 bits per heavy atom. The Balaban J connectivity index is 1.61. The Labute approximate surface area is 183 Å². The van der Waals surface area contributed by atoms with Crippen molar-refractivity contribution in [2.24, 2.45) is 0 Å². The molecule has 4 aromatic rings. The molecule has 1 amide bonds. The topological polar surface area (TPSA) is 114 Å². The number of anilines is 1. The number of halogens is 1. The number of aryl methyl sites for hydroxylation is 1. The molecule has 4 rings (SSSR count). The van der Waals surface area contributed by atoms with E-state index < -0.39 is 17.8 Å². The summed E-state index contributed by atoms with van der Waals surface area (Å²) in [7, 11) is 0. The first-order valence-electron chi connectivity index (χ1n) is 9.91. The number of nitrogens with two attached hydrogens (primary N) is 1. The third-order valence-electron chi connectivity index (χ3n) is 5.19. The molecule has 0 aliphatic carbocycles. The lowest BCUT2D eigenvalue weighted by molar-refractivity contribution is 0.0912. The zero-order valence-electron chi connectivity index (χ0n) is 17.2. The van der Waals surface area contributed by atoms with E-state index in [1.165, 1.54) is 12.1 Å². The van der Waals surface area contributed by atoms with Crippen molar-refractivity contribution in [2.75, 3.05) is 12.3 Å². The number of hydrogen-bond acceptors (Lipinski definition) is 6. The van der Waals surface area contributed by atoms with Gasteiger partial charge in [0.1, 0.15) is 17.4 Å². The molecule has 162 valence electrons. The van der Waals surface area contributed by atoms with Crippen LogP contribution in [-0.4, -0.2) is 27.8 Å². The molecule has 2 aromatic heterocycles. The Bertz CT molecular complexity index is 1260. The summed E-state index contributed by atoms with van der Waals surface area (Å²) >= 11 is 0. The standard InChI is InChI=1S/C24H21FN4O3/c1-14-20(12-28-32-14)17-9-19(23(26)27-11-17)16-7-8-18(21(25)10-16)24(31)29-22(13-30)15-5-3-2-4-6-15/h2-12,22,30H,13H2,1H3,(H2,26,27)(H,29,31). The summed E-state index contributed by atoms with van der Waals surface area (Å²) in [5.41, 5.74) is 9.09. The molecule has 0 aliphatic heterocycles. The molecule has 0 bridgehead atoms. The lowest BCUT2D eigenvalue weighted by Gasteiger charge is -2.17. The van der Waals surface area contributed by atoms with Gasteiger partial charge in [-0.3, -0.25) is 4.79 Å². The van der Waals surface area contributed by atoms with Crippen molar-refractivity contribution < 1.29 is 18.8 Å². The number of aliphatic hydroxyl groups excluding tert-OH is 1. The molecule has 0 radical (unpaired) electrons. The molecule has 1 atom stereocenters. The first-order chi connectivity index (χ1) is 15.5. The average Bonchev–Trinajstić information content (AvgIpc) is 3.24. The van der Waals surface area contributed by atoms with Crippen molar-refractivity contribution in [1.29, 1.82) is 0 Å². The fraction of sp³-hybridized carbons (Fsp3) is 0.125. The van der Waals surface area contributed by atoms with Gasteiger partial charge in [0.05, 0.1) is 24.4 Å². The normalized spacial score (nSPS) is 11.8. The van der Waals surface area contributed by atoms with E-state index >= 15 is 0 Å². The van der Waals surface area contributed by atoms with Crippen molar-refractivity contribution in [2.45, 2.75) is 13.0 Å². The van der Waals surface area contributed by atoms with Crippen molar-refractivity contribution >= 4 is 11.7 Å². The van der Waals surface area contributed by atoms with E-state index in [4.69, 9.17) is 10.3 Å². The molecule has 7 nitrogen and oxygen atoms in total. The van der Waals surface area contributed by atoms with Crippen molar-refractivity contribution in [1.82, 2.24) is 15.5 Å². The second-order valence-corrected chi connectivity index (χ2v) is 7.27. The molecule has 8 heteroatoms. The third kappa shape index (κ3) is 4.21. The second kappa shape index (κ2) is 8.99. The molecule has 2 heterocycles. The number of nitrogen functional groups attached to an aromatic ring is 1. The summed E-state index contributed by atoms with van der Waals surface area (Å²) in [5.74, 6) is -0.492. The molecule has 0 saturated heterocycles. The van der Waals surface area contributed by atoms with Gasteiger partial charge in [-0.15, -0.1) is 0 Å². The van der Waals surface area contributed by atoms with E-state index in [0.717, 1.165) is 16.7 Å². The van der Waals surface area contributed by atoms with Crippen molar-refractivity contribution in [3.63, 3.8) is 0 Å². The van der Waals surface area contributed by atoms with E-state index in [1.54, 1.807) is 55.7 Å². The number of rotatable bonds is 6. The predicted molar refractivity (Wildman–Crippen MR) is 118 cm³/mol. The van der Waals surface area contributed by atoms with E-state index in [1.807, 2.05) is 6.07 Å². The van der Waals surface area contributed by atoms with Crippen LogP contribution in [0.5, 0.6) is 0 Å². The summed E-state index contributed by atoms with van der Waals surface area (Å²) < 4.78 is 20.0. The SMILES string of the molecule is Cc1oncc1-c1cnc(N)c(-c2ccc(C(=O)NC(CO)c3ccccc3)c(F)c2)c1. The zero-order valence-corrected chi connectivity index (χ0v) is 17.2. The molecule has 4 N–H and O–H groups in total. The van der Waals surface area contributed by atoms with Crippen molar-refractivity contribution in [3.05, 3.63) is 89.7 Å². The molecule has 2 aromatic carbocycles. The van der Waals surface area contributed by atoms with Crippen LogP contribution < -0.4 is 11.1 Å². The van der Waals surface area contributed by atoms with E-state index in [0.29, 0.717) is 16.9 Å². The maximum atomic E-state index is 14.9. The van der Waals surface area contributed by atoms with E-state index in [9.17, 15) is 14.3 Å². The van der Waals surface area contributed by atoms with Crippen LogP contribution >= 0.6 is 0 Å². The minimum Gasteiger partial charge on any atom is -0.394 e. The number of benzene rings is 2. The molecular formula is C24H21FN4O3. The Kier molecular flexibility index (Phi) is 5.96. The van der Waals surface area contributed by atoms with Crippen LogP contribution in [0, 0.1) is 12.7 Å². The number of aliphatic hydroxyl groups is 1. The maximum absolute atomic E-state index is 14.9. The Morgan fingerprint density at radius 2 is 1.91 bits per heavy atom. The number of amides is 1. The van der Waals surface area contributed by atoms with Gasteiger partial charge >= 0.3 is 0 Å². The van der Waals surface area contributed by atoms with Gasteiger partial charge in [0, 0.05) is 22.9 Å². The number of nitrogens with one attached hydrogen (secondary N) is 1. The lowest BCUT2D eigenvalue weighted by Crippen LogP contribution is -2.31. The van der Waals surface area contributed by atoms with Gasteiger partial charge in [0.15, 0.2) is 0 Å². The van der Waals surface area contributed by atoms with Crippen LogP contribution in [0.1, 0.15) is 27.7 Å². The van der Waals surface area contributed by atoms with Gasteiger partial charge in [-0.2, -0.15) is 0 Å². The smallest absolute Gasteiger partial charge is 0.254 e. The van der Waals surface area contributed by atoms with Crippen LogP contribution in [0.3, 0.4) is 0 Å². The molecule has 1 unspecified atom stereocenters. The zero-order chi connectivity index (χ0) is 22.7. The van der Waals surface area contributed by atoms with Gasteiger partial charge in [-0.1, -0.05) is 41.6 Å². The van der Waals surface area contributed by atoms with Crippen LogP contribution in [0.25, 0.3) is 22.3 Å². The van der Waals surface area contributed by atoms with Gasteiger partial charge in [0.2, 0.25) is 0 Å². The average molecular weight is 432 g/mol. The highest BCUT2D eigenvalue weighted by Crippen LogP contribution is 2.31. The van der Waals surface area contributed by atoms with E-state index in [2.05, 4.69) is 15.5 Å². The highest BCUT2D eigenvalue weighted by molar-refractivity contribution is 5.95. The summed E-state index contributed by atoms with van der Waals surface area (Å²) in [6, 6.07) is 14.3. The third-order valence-corrected chi connectivity index (χ3v) is 5.19. The summed E-state index contributed by atoms with van der Waals surface area (Å²) in [6.45, 7) is 1.47. The second-order valence-electron chi connectivity index (χ2n) is 7.27. The number of hydrogen-bond donors (Lipinski definition) is 3. The quantitative estimate of drug-likeness (QED) is 0.426. The summed E-state index contributed by atoms with van der Waals surface area (Å²) in [6.07, 6.45) is 3.17. The van der Waals surface area contributed by atoms with Crippen molar-refractivity contribution in [3.8, 4) is 22.3 Å².